The van der Waals surface area contributed by atoms with Crippen molar-refractivity contribution in [3.63, 3.8) is 0 Å². The van der Waals surface area contributed by atoms with E-state index in [1.165, 1.54) is 6.07 Å². The molecule has 0 unspecified atom stereocenters. The number of nitrogens with one attached hydrogen (secondary N) is 2. The Labute approximate surface area is 117 Å². The largest absolute Gasteiger partial charge is 0.459 e. The number of nitrogens with zero attached hydrogens (tertiary/aromatic N) is 2. The van der Waals surface area contributed by atoms with Crippen LogP contribution in [0, 0.1) is 11.3 Å². The number of aromatic nitrogens is 3. The zero-order valence-corrected chi connectivity index (χ0v) is 10.8. The molecule has 2 N–H and O–H groups in total. The Morgan fingerprint density at radius 2 is 2.14 bits per heavy atom. The number of halogens is 3. The van der Waals surface area contributed by atoms with Gasteiger partial charge in [0.25, 0.3) is 0 Å². The maximum atomic E-state index is 12.8. The fourth-order valence-electron chi connectivity index (χ4n) is 1.44. The molecule has 2 aromatic heterocycles. The van der Waals surface area contributed by atoms with Crippen LogP contribution < -0.4 is 11.3 Å². The van der Waals surface area contributed by atoms with Crippen molar-refractivity contribution in [2.45, 2.75) is 17.0 Å². The fraction of sp³-hybridized carbons (Fsp3) is 0.200. The lowest BCUT2D eigenvalue weighted by atomic mass is 10.1. The Morgan fingerprint density at radius 1 is 1.43 bits per heavy atom. The van der Waals surface area contributed by atoms with Crippen molar-refractivity contribution >= 4 is 11.8 Å². The minimum absolute atomic E-state index is 0.0622. The highest BCUT2D eigenvalue weighted by atomic mass is 32.2. The van der Waals surface area contributed by atoms with Crippen molar-refractivity contribution in [2.24, 2.45) is 0 Å². The molecule has 7 nitrogen and oxygen atoms in total. The molecule has 0 fully saturated rings. The molecule has 0 aromatic carbocycles. The van der Waals surface area contributed by atoms with Gasteiger partial charge in [0.2, 0.25) is 5.56 Å². The smallest absolute Gasteiger partial charge is 0.321 e. The Hall–Kier alpha value is -2.48. The summed E-state index contributed by atoms with van der Waals surface area (Å²) >= 11 is 0.712. The van der Waals surface area contributed by atoms with Gasteiger partial charge in [0.15, 0.2) is 5.82 Å². The van der Waals surface area contributed by atoms with Gasteiger partial charge in [-0.2, -0.15) is 23.4 Å². The molecule has 2 aromatic rings. The second-order valence-corrected chi connectivity index (χ2v) is 4.66. The molecule has 0 bridgehead atoms. The Morgan fingerprint density at radius 3 is 2.67 bits per heavy atom. The second kappa shape index (κ2) is 5.49. The lowest BCUT2D eigenvalue weighted by Gasteiger charge is -2.10. The van der Waals surface area contributed by atoms with Gasteiger partial charge in [-0.3, -0.25) is 4.79 Å². The lowest BCUT2D eigenvalue weighted by Crippen LogP contribution is -2.17. The molecule has 0 aliphatic rings. The third-order valence-electron chi connectivity index (χ3n) is 2.26. The zero-order chi connectivity index (χ0) is 15.6. The molecule has 2 heterocycles. The molecule has 0 aliphatic carbocycles. The number of aromatic amines is 2. The van der Waals surface area contributed by atoms with Crippen LogP contribution in [0.2, 0.25) is 0 Å². The summed E-state index contributed by atoms with van der Waals surface area (Å²) in [7, 11) is 0. The molecule has 0 amide bonds. The maximum absolute atomic E-state index is 12.8. The number of H-pyrrole nitrogens is 2. The van der Waals surface area contributed by atoms with E-state index in [0.717, 1.165) is 0 Å². The molecule has 0 radical (unpaired) electrons. The van der Waals surface area contributed by atoms with E-state index in [1.807, 2.05) is 0 Å². The Kier molecular flexibility index (Phi) is 3.90. The normalized spacial score (nSPS) is 11.3. The Balaban J connectivity index is 2.39. The molecule has 0 spiro atoms. The Bertz CT molecular complexity index is 814. The first-order valence-corrected chi connectivity index (χ1v) is 6.21. The van der Waals surface area contributed by atoms with Gasteiger partial charge in [0, 0.05) is 6.07 Å². The molecule has 2 rings (SSSR count). The monoisotopic (exact) mass is 318 g/mol. The van der Waals surface area contributed by atoms with Crippen LogP contribution in [0.4, 0.5) is 13.2 Å². The molecule has 21 heavy (non-hydrogen) atoms. The summed E-state index contributed by atoms with van der Waals surface area (Å²) in [4.78, 5) is 27.5. The minimum atomic E-state index is -4.82. The highest BCUT2D eigenvalue weighted by Gasteiger charge is 2.35. The van der Waals surface area contributed by atoms with Crippen LogP contribution in [0.25, 0.3) is 0 Å². The van der Waals surface area contributed by atoms with Crippen LogP contribution in [-0.4, -0.2) is 15.1 Å². The van der Waals surface area contributed by atoms with E-state index in [0.29, 0.717) is 17.8 Å². The van der Waals surface area contributed by atoms with Crippen molar-refractivity contribution in [1.82, 2.24) is 15.1 Å². The third kappa shape index (κ3) is 3.34. The summed E-state index contributed by atoms with van der Waals surface area (Å²) in [6, 6.07) is 1.73. The molecular weight excluding hydrogens is 313 g/mol. The summed E-state index contributed by atoms with van der Waals surface area (Å²) in [5, 5.41) is 10.8. The highest BCUT2D eigenvalue weighted by molar-refractivity contribution is 7.98. The number of nitriles is 1. The van der Waals surface area contributed by atoms with Gasteiger partial charge in [0.05, 0.1) is 21.9 Å². The van der Waals surface area contributed by atoms with Gasteiger partial charge in [-0.05, 0) is 0 Å². The topological polar surface area (TPSA) is 116 Å². The first kappa shape index (κ1) is 14.9. The van der Waals surface area contributed by atoms with E-state index < -0.39 is 28.6 Å². The van der Waals surface area contributed by atoms with Crippen LogP contribution in [0.3, 0.4) is 0 Å². The van der Waals surface area contributed by atoms with E-state index in [9.17, 15) is 22.8 Å². The SMILES string of the molecule is N#Cc1c(C(F)(F)F)cc(=O)[nH]c1SCc1nc(=O)o[nH]1. The van der Waals surface area contributed by atoms with E-state index in [4.69, 9.17) is 5.26 Å². The van der Waals surface area contributed by atoms with E-state index in [-0.39, 0.29) is 16.6 Å². The first-order valence-electron chi connectivity index (χ1n) is 5.23. The summed E-state index contributed by atoms with van der Waals surface area (Å²) in [6.07, 6.45) is -4.82. The molecule has 110 valence electrons. The van der Waals surface area contributed by atoms with E-state index in [2.05, 4.69) is 19.6 Å². The van der Waals surface area contributed by atoms with Gasteiger partial charge in [-0.1, -0.05) is 11.8 Å². The van der Waals surface area contributed by atoms with Crippen LogP contribution in [0.15, 0.2) is 25.2 Å². The average molecular weight is 318 g/mol. The number of rotatable bonds is 3. The molecule has 0 aliphatic heterocycles. The van der Waals surface area contributed by atoms with Gasteiger partial charge >= 0.3 is 11.9 Å². The van der Waals surface area contributed by atoms with Gasteiger partial charge in [-0.25, -0.2) is 9.95 Å². The third-order valence-corrected chi connectivity index (χ3v) is 3.27. The summed E-state index contributed by atoms with van der Waals surface area (Å²) in [5.41, 5.74) is -3.00. The average Bonchev–Trinajstić information content (AvgIpc) is 2.80. The van der Waals surface area contributed by atoms with Gasteiger partial charge in [0.1, 0.15) is 6.07 Å². The zero-order valence-electron chi connectivity index (χ0n) is 9.95. The highest BCUT2D eigenvalue weighted by Crippen LogP contribution is 2.34. The van der Waals surface area contributed by atoms with E-state index in [1.54, 1.807) is 0 Å². The van der Waals surface area contributed by atoms with Crippen LogP contribution in [-0.2, 0) is 11.9 Å². The molecule has 0 saturated heterocycles. The van der Waals surface area contributed by atoms with Crippen LogP contribution in [0.1, 0.15) is 17.0 Å². The van der Waals surface area contributed by atoms with Crippen LogP contribution >= 0.6 is 11.8 Å². The number of pyridine rings is 1. The van der Waals surface area contributed by atoms with Crippen molar-refractivity contribution in [3.05, 3.63) is 43.9 Å². The summed E-state index contributed by atoms with van der Waals surface area (Å²) in [5.74, 6) is -0.909. The van der Waals surface area contributed by atoms with Gasteiger partial charge < -0.3 is 9.51 Å². The first-order chi connectivity index (χ1) is 9.81. The summed E-state index contributed by atoms with van der Waals surface area (Å²) < 4.78 is 42.6. The van der Waals surface area contributed by atoms with Crippen molar-refractivity contribution < 1.29 is 17.7 Å². The van der Waals surface area contributed by atoms with Gasteiger partial charge in [-0.15, -0.1) is 0 Å². The summed E-state index contributed by atoms with van der Waals surface area (Å²) in [6.45, 7) is 0. The molecule has 0 atom stereocenters. The quantitative estimate of drug-likeness (QED) is 0.822. The van der Waals surface area contributed by atoms with Crippen LogP contribution in [0.5, 0.6) is 0 Å². The number of alkyl halides is 3. The van der Waals surface area contributed by atoms with Crippen molar-refractivity contribution in [2.75, 3.05) is 0 Å². The number of hydrogen-bond donors (Lipinski definition) is 2. The fourth-order valence-corrected chi connectivity index (χ4v) is 2.32. The van der Waals surface area contributed by atoms with Crippen molar-refractivity contribution in [1.29, 1.82) is 5.26 Å². The second-order valence-electron chi connectivity index (χ2n) is 3.68. The number of hydrogen-bond acceptors (Lipinski definition) is 6. The predicted molar refractivity (Wildman–Crippen MR) is 63.5 cm³/mol. The number of thioether (sulfide) groups is 1. The van der Waals surface area contributed by atoms with Crippen molar-refractivity contribution in [3.8, 4) is 6.07 Å². The molecule has 11 heteroatoms. The minimum Gasteiger partial charge on any atom is -0.321 e. The maximum Gasteiger partial charge on any atom is 0.459 e. The van der Waals surface area contributed by atoms with E-state index >= 15 is 0 Å². The predicted octanol–water partition coefficient (Wildman–Crippen LogP) is 1.23. The molecule has 0 saturated carbocycles. The molecular formula is C10H5F3N4O3S. The standard InChI is InChI=1S/C10H5F3N4O3S/c11-10(12,13)5-1-7(18)16-8(4(5)2-14)21-3-6-15-9(19)20-17-6/h1H,3H2,(H,16,18)(H,15,17,19). The lowest BCUT2D eigenvalue weighted by molar-refractivity contribution is -0.138.